The van der Waals surface area contributed by atoms with E-state index in [1.807, 2.05) is 12.1 Å². The number of piperazine rings is 1. The first kappa shape index (κ1) is 18.6. The lowest BCUT2D eigenvalue weighted by atomic mass is 10.2. The molecule has 0 amide bonds. The Morgan fingerprint density at radius 3 is 1.89 bits per heavy atom. The molecule has 7 nitrogen and oxygen atoms in total. The minimum Gasteiger partial charge on any atom is -0.355 e. The van der Waals surface area contributed by atoms with Crippen molar-refractivity contribution in [3.05, 3.63) is 29.6 Å². The third kappa shape index (κ3) is 4.09. The molecular weight excluding hydrogens is 382 g/mol. The minimum atomic E-state index is -3.37. The number of rotatable bonds is 4. The average molecular weight is 408 g/mol. The second kappa shape index (κ2) is 8.12. The molecule has 0 unspecified atom stereocenters. The fourth-order valence-corrected chi connectivity index (χ4v) is 6.22. The molecule has 0 bridgehead atoms. The van der Waals surface area contributed by atoms with Gasteiger partial charge in [-0.05, 0) is 36.4 Å². The average Bonchev–Trinajstić information content (AvgIpc) is 3.12. The third-order valence-electron chi connectivity index (χ3n) is 5.22. The molecule has 0 aliphatic carbocycles. The molecule has 0 spiro atoms. The molecule has 0 saturated carbocycles. The van der Waals surface area contributed by atoms with Crippen molar-refractivity contribution < 1.29 is 8.42 Å². The molecule has 4 rings (SSSR count). The van der Waals surface area contributed by atoms with E-state index in [4.69, 9.17) is 0 Å². The lowest BCUT2D eigenvalue weighted by molar-refractivity contribution is 0.384. The van der Waals surface area contributed by atoms with Crippen LogP contribution in [0.2, 0.25) is 0 Å². The zero-order valence-electron chi connectivity index (χ0n) is 15.3. The Labute approximate surface area is 164 Å². The summed E-state index contributed by atoms with van der Waals surface area (Å²) in [6, 6.07) is 7.49. The van der Waals surface area contributed by atoms with Crippen LogP contribution < -0.4 is 9.80 Å². The molecule has 2 aromatic heterocycles. The summed E-state index contributed by atoms with van der Waals surface area (Å²) in [5.41, 5.74) is 0. The molecule has 4 heterocycles. The number of sulfonamides is 1. The molecule has 0 aromatic carbocycles. The first-order valence-electron chi connectivity index (χ1n) is 9.52. The maximum atomic E-state index is 12.6. The molecule has 0 radical (unpaired) electrons. The van der Waals surface area contributed by atoms with Crippen LogP contribution in [-0.2, 0) is 10.0 Å². The van der Waals surface area contributed by atoms with Crippen LogP contribution in [0.3, 0.4) is 0 Å². The van der Waals surface area contributed by atoms with Gasteiger partial charge >= 0.3 is 0 Å². The highest BCUT2D eigenvalue weighted by Gasteiger charge is 2.29. The van der Waals surface area contributed by atoms with Gasteiger partial charge in [-0.3, -0.25) is 0 Å². The van der Waals surface area contributed by atoms with Gasteiger partial charge in [-0.1, -0.05) is 18.9 Å². The summed E-state index contributed by atoms with van der Waals surface area (Å²) in [5.74, 6) is 1.77. The third-order valence-corrected chi connectivity index (χ3v) is 8.49. The smallest absolute Gasteiger partial charge is 0.252 e. The van der Waals surface area contributed by atoms with E-state index in [0.29, 0.717) is 30.4 Å². The molecule has 2 aromatic rings. The summed E-state index contributed by atoms with van der Waals surface area (Å²) >= 11 is 1.27. The van der Waals surface area contributed by atoms with Crippen LogP contribution in [0.5, 0.6) is 0 Å². The van der Waals surface area contributed by atoms with Crippen LogP contribution >= 0.6 is 11.3 Å². The van der Waals surface area contributed by atoms with E-state index in [1.165, 1.54) is 37.0 Å². The Kier molecular flexibility index (Phi) is 5.60. The van der Waals surface area contributed by atoms with Crippen molar-refractivity contribution in [3.63, 3.8) is 0 Å². The zero-order chi connectivity index (χ0) is 18.7. The lowest BCUT2D eigenvalue weighted by Crippen LogP contribution is -2.48. The van der Waals surface area contributed by atoms with Crippen LogP contribution in [0.25, 0.3) is 0 Å². The largest absolute Gasteiger partial charge is 0.355 e. The highest BCUT2D eigenvalue weighted by atomic mass is 32.2. The number of hydrogen-bond acceptors (Lipinski definition) is 7. The standard InChI is InChI=1S/C18H25N5O2S2/c24-27(25,18-6-5-15-26-18)23-13-11-22(12-14-23)17-8-7-16(19-20-17)21-9-3-1-2-4-10-21/h5-8,15H,1-4,9-14H2. The number of aromatic nitrogens is 2. The van der Waals surface area contributed by atoms with Crippen molar-refractivity contribution in [1.29, 1.82) is 0 Å². The Bertz CT molecular complexity index is 823. The molecule has 0 N–H and O–H groups in total. The van der Waals surface area contributed by atoms with Gasteiger partial charge < -0.3 is 9.80 Å². The predicted octanol–water partition coefficient (Wildman–Crippen LogP) is 2.43. The van der Waals surface area contributed by atoms with Gasteiger partial charge in [-0.2, -0.15) is 4.31 Å². The van der Waals surface area contributed by atoms with Crippen molar-refractivity contribution in [2.45, 2.75) is 29.9 Å². The van der Waals surface area contributed by atoms with Gasteiger partial charge in [0.2, 0.25) is 0 Å². The second-order valence-corrected chi connectivity index (χ2v) is 10.1. The van der Waals surface area contributed by atoms with Crippen molar-refractivity contribution in [3.8, 4) is 0 Å². The maximum Gasteiger partial charge on any atom is 0.252 e. The molecule has 2 aliphatic heterocycles. The summed E-state index contributed by atoms with van der Waals surface area (Å²) in [5, 5.41) is 10.6. The van der Waals surface area contributed by atoms with Gasteiger partial charge in [0.25, 0.3) is 10.0 Å². The fourth-order valence-electron chi connectivity index (χ4n) is 3.65. The van der Waals surface area contributed by atoms with Crippen LogP contribution in [0.15, 0.2) is 33.9 Å². The first-order valence-corrected chi connectivity index (χ1v) is 11.8. The molecule has 0 atom stereocenters. The van der Waals surface area contributed by atoms with E-state index in [2.05, 4.69) is 20.0 Å². The maximum absolute atomic E-state index is 12.6. The monoisotopic (exact) mass is 407 g/mol. The quantitative estimate of drug-likeness (QED) is 0.775. The van der Waals surface area contributed by atoms with Crippen molar-refractivity contribution in [1.82, 2.24) is 14.5 Å². The second-order valence-electron chi connectivity index (χ2n) is 6.97. The van der Waals surface area contributed by atoms with Gasteiger partial charge in [0.05, 0.1) is 0 Å². The summed E-state index contributed by atoms with van der Waals surface area (Å²) < 4.78 is 27.2. The molecule has 9 heteroatoms. The van der Waals surface area contributed by atoms with Gasteiger partial charge in [0.15, 0.2) is 11.6 Å². The molecule has 2 aliphatic rings. The van der Waals surface area contributed by atoms with Crippen LogP contribution in [0.4, 0.5) is 11.6 Å². The van der Waals surface area contributed by atoms with Crippen molar-refractivity contribution in [2.24, 2.45) is 0 Å². The van der Waals surface area contributed by atoms with Crippen LogP contribution in [0.1, 0.15) is 25.7 Å². The van der Waals surface area contributed by atoms with Gasteiger partial charge in [-0.25, -0.2) is 8.42 Å². The van der Waals surface area contributed by atoms with Gasteiger partial charge in [0.1, 0.15) is 4.21 Å². The van der Waals surface area contributed by atoms with Crippen molar-refractivity contribution >= 4 is 33.0 Å². The fraction of sp³-hybridized carbons (Fsp3) is 0.556. The van der Waals surface area contributed by atoms with E-state index in [1.54, 1.807) is 21.8 Å². The molecule has 146 valence electrons. The van der Waals surface area contributed by atoms with Gasteiger partial charge in [-0.15, -0.1) is 21.5 Å². The van der Waals surface area contributed by atoms with Crippen molar-refractivity contribution in [2.75, 3.05) is 49.1 Å². The molecule has 2 fully saturated rings. The number of nitrogens with zero attached hydrogens (tertiary/aromatic N) is 5. The van der Waals surface area contributed by atoms with E-state index in [0.717, 1.165) is 24.7 Å². The molecular formula is C18H25N5O2S2. The van der Waals surface area contributed by atoms with E-state index in [-0.39, 0.29) is 0 Å². The normalized spacial score (nSPS) is 19.9. The number of thiophene rings is 1. The highest BCUT2D eigenvalue weighted by Crippen LogP contribution is 2.24. The minimum absolute atomic E-state index is 0.414. The number of anilines is 2. The summed E-state index contributed by atoms with van der Waals surface area (Å²) in [6.45, 7) is 4.29. The summed E-state index contributed by atoms with van der Waals surface area (Å²) in [6.07, 6.45) is 5.01. The molecule has 2 saturated heterocycles. The summed E-state index contributed by atoms with van der Waals surface area (Å²) in [4.78, 5) is 4.43. The lowest BCUT2D eigenvalue weighted by Gasteiger charge is -2.34. The topological polar surface area (TPSA) is 69.6 Å². The number of hydrogen-bond donors (Lipinski definition) is 0. The van der Waals surface area contributed by atoms with E-state index in [9.17, 15) is 8.42 Å². The summed E-state index contributed by atoms with van der Waals surface area (Å²) in [7, 11) is -3.37. The predicted molar refractivity (Wildman–Crippen MR) is 108 cm³/mol. The highest BCUT2D eigenvalue weighted by molar-refractivity contribution is 7.91. The van der Waals surface area contributed by atoms with E-state index < -0.39 is 10.0 Å². The van der Waals surface area contributed by atoms with Crippen LogP contribution in [0, 0.1) is 0 Å². The van der Waals surface area contributed by atoms with E-state index >= 15 is 0 Å². The van der Waals surface area contributed by atoms with Gasteiger partial charge in [0, 0.05) is 39.3 Å². The van der Waals surface area contributed by atoms with Crippen LogP contribution in [-0.4, -0.2) is 62.2 Å². The zero-order valence-corrected chi connectivity index (χ0v) is 17.0. The Hall–Kier alpha value is -1.71. The molecule has 27 heavy (non-hydrogen) atoms. The first-order chi connectivity index (χ1) is 13.1. The Balaban J connectivity index is 1.38. The Morgan fingerprint density at radius 1 is 0.778 bits per heavy atom. The Morgan fingerprint density at radius 2 is 1.37 bits per heavy atom. The SMILES string of the molecule is O=S(=O)(c1cccs1)N1CCN(c2ccc(N3CCCCCC3)nn2)CC1.